The highest BCUT2D eigenvalue weighted by atomic mass is 16.4. The van der Waals surface area contributed by atoms with Gasteiger partial charge in [0.05, 0.1) is 5.70 Å². The minimum absolute atomic E-state index is 0.214. The summed E-state index contributed by atoms with van der Waals surface area (Å²) in [6, 6.07) is 34.5. The van der Waals surface area contributed by atoms with Crippen molar-refractivity contribution in [2.24, 2.45) is 0 Å². The highest BCUT2D eigenvalue weighted by Gasteiger charge is 2.38. The molecule has 3 nitrogen and oxygen atoms in total. The Morgan fingerprint density at radius 3 is 1.89 bits per heavy atom. The minimum Gasteiger partial charge on any atom is -0.423 e. The van der Waals surface area contributed by atoms with Crippen molar-refractivity contribution < 1.29 is 10.0 Å². The molecular formula is C33H30BNO2. The Labute approximate surface area is 219 Å². The second-order valence-electron chi connectivity index (χ2n) is 9.83. The fourth-order valence-electron chi connectivity index (χ4n) is 5.14. The van der Waals surface area contributed by atoms with Gasteiger partial charge in [0.1, 0.15) is 0 Å². The minimum atomic E-state index is -1.52. The number of benzene rings is 4. The van der Waals surface area contributed by atoms with E-state index in [9.17, 15) is 10.0 Å². The van der Waals surface area contributed by atoms with E-state index in [0.717, 1.165) is 44.9 Å². The molecule has 2 N–H and O–H groups in total. The summed E-state index contributed by atoms with van der Waals surface area (Å²) in [5.41, 5.74) is 9.79. The maximum atomic E-state index is 9.64. The number of hydrogen-bond donors (Lipinski definition) is 2. The SMILES string of the molecule is C=C/C(=C1\C(=C)C(C)(C)c2ccccc21)N(c1ccc(B(O)O)cc1)c1ccc(-c2ccccc2)cc1. The van der Waals surface area contributed by atoms with Crippen LogP contribution in [0, 0.1) is 0 Å². The molecule has 4 aromatic carbocycles. The van der Waals surface area contributed by atoms with Crippen LogP contribution in [0.5, 0.6) is 0 Å². The smallest absolute Gasteiger partial charge is 0.423 e. The molecule has 0 bridgehead atoms. The lowest BCUT2D eigenvalue weighted by Gasteiger charge is -2.29. The Morgan fingerprint density at radius 1 is 0.757 bits per heavy atom. The number of hydrogen-bond acceptors (Lipinski definition) is 3. The van der Waals surface area contributed by atoms with Crippen LogP contribution >= 0.6 is 0 Å². The van der Waals surface area contributed by atoms with Gasteiger partial charge in [0.2, 0.25) is 0 Å². The van der Waals surface area contributed by atoms with Crippen molar-refractivity contribution in [3.8, 4) is 11.1 Å². The van der Waals surface area contributed by atoms with E-state index in [1.807, 2.05) is 36.4 Å². The van der Waals surface area contributed by atoms with Gasteiger partial charge in [-0.05, 0) is 63.6 Å². The normalized spacial score (nSPS) is 15.2. The van der Waals surface area contributed by atoms with E-state index >= 15 is 0 Å². The number of rotatable bonds is 6. The zero-order valence-corrected chi connectivity index (χ0v) is 21.2. The Kier molecular flexibility index (Phi) is 6.47. The topological polar surface area (TPSA) is 43.7 Å². The standard InChI is InChI=1S/C33H30BNO2/c1-5-31(32-23(2)33(3,4)30-14-10-9-13-29(30)32)35(28-21-17-26(18-22-28)34(36)37)27-19-15-25(16-20-27)24-11-7-6-8-12-24/h5-22,36-37H,1-2H2,3-4H3/b32-31-. The summed E-state index contributed by atoms with van der Waals surface area (Å²) in [7, 11) is -1.52. The third-order valence-corrected chi connectivity index (χ3v) is 7.30. The first kappa shape index (κ1) is 24.6. The van der Waals surface area contributed by atoms with Gasteiger partial charge in [-0.2, -0.15) is 0 Å². The van der Waals surface area contributed by atoms with Crippen LogP contribution in [0.4, 0.5) is 11.4 Å². The van der Waals surface area contributed by atoms with Crippen LogP contribution in [-0.2, 0) is 5.41 Å². The van der Waals surface area contributed by atoms with Gasteiger partial charge >= 0.3 is 7.12 Å². The van der Waals surface area contributed by atoms with Crippen molar-refractivity contribution in [3.05, 3.63) is 145 Å². The van der Waals surface area contributed by atoms with Crippen molar-refractivity contribution >= 4 is 29.5 Å². The van der Waals surface area contributed by atoms with E-state index < -0.39 is 7.12 Å². The molecule has 0 unspecified atom stereocenters. The summed E-state index contributed by atoms with van der Waals surface area (Å²) in [5.74, 6) is 0. The number of fused-ring (bicyclic) bond motifs is 1. The maximum absolute atomic E-state index is 9.64. The lowest BCUT2D eigenvalue weighted by molar-refractivity contribution is 0.426. The van der Waals surface area contributed by atoms with E-state index in [4.69, 9.17) is 0 Å². The van der Waals surface area contributed by atoms with Crippen molar-refractivity contribution in [2.45, 2.75) is 19.3 Å². The molecule has 37 heavy (non-hydrogen) atoms. The zero-order chi connectivity index (χ0) is 26.2. The second-order valence-corrected chi connectivity index (χ2v) is 9.83. The van der Waals surface area contributed by atoms with Crippen LogP contribution in [-0.4, -0.2) is 17.2 Å². The summed E-state index contributed by atoms with van der Waals surface area (Å²) in [4.78, 5) is 2.16. The molecule has 0 heterocycles. The molecule has 4 aromatic rings. The molecule has 5 rings (SSSR count). The van der Waals surface area contributed by atoms with Crippen LogP contribution in [0.15, 0.2) is 134 Å². The molecular weight excluding hydrogens is 453 g/mol. The van der Waals surface area contributed by atoms with Crippen LogP contribution < -0.4 is 10.4 Å². The molecule has 0 saturated heterocycles. The van der Waals surface area contributed by atoms with Gasteiger partial charge in [0.25, 0.3) is 0 Å². The summed E-state index contributed by atoms with van der Waals surface area (Å²) in [5, 5.41) is 19.3. The van der Waals surface area contributed by atoms with Gasteiger partial charge in [0, 0.05) is 22.4 Å². The largest absolute Gasteiger partial charge is 0.488 e. The van der Waals surface area contributed by atoms with Gasteiger partial charge in [0.15, 0.2) is 0 Å². The summed E-state index contributed by atoms with van der Waals surface area (Å²) < 4.78 is 0. The third-order valence-electron chi connectivity index (χ3n) is 7.30. The van der Waals surface area contributed by atoms with E-state index in [-0.39, 0.29) is 5.41 Å². The molecule has 1 aliphatic rings. The maximum Gasteiger partial charge on any atom is 0.488 e. The van der Waals surface area contributed by atoms with Crippen molar-refractivity contribution in [2.75, 3.05) is 4.90 Å². The molecule has 0 fully saturated rings. The molecule has 182 valence electrons. The van der Waals surface area contributed by atoms with E-state index in [1.165, 1.54) is 5.56 Å². The molecule has 0 aromatic heterocycles. The Hall–Kier alpha value is -4.12. The summed E-state index contributed by atoms with van der Waals surface area (Å²) in [6.45, 7) is 13.2. The van der Waals surface area contributed by atoms with Gasteiger partial charge in [-0.15, -0.1) is 0 Å². The molecule has 0 amide bonds. The van der Waals surface area contributed by atoms with Crippen LogP contribution in [0.3, 0.4) is 0 Å². The third kappa shape index (κ3) is 4.35. The molecule has 0 spiro atoms. The highest BCUT2D eigenvalue weighted by Crippen LogP contribution is 2.51. The molecule has 0 saturated carbocycles. The van der Waals surface area contributed by atoms with Gasteiger partial charge < -0.3 is 14.9 Å². The van der Waals surface area contributed by atoms with Crippen LogP contribution in [0.2, 0.25) is 0 Å². The number of nitrogens with zero attached hydrogens (tertiary/aromatic N) is 1. The molecule has 0 aliphatic heterocycles. The molecule has 0 atom stereocenters. The highest BCUT2D eigenvalue weighted by molar-refractivity contribution is 6.58. The Morgan fingerprint density at radius 2 is 1.30 bits per heavy atom. The first-order valence-electron chi connectivity index (χ1n) is 12.4. The second kappa shape index (κ2) is 9.74. The Balaban J connectivity index is 1.71. The number of allylic oxidation sites excluding steroid dienone is 3. The van der Waals surface area contributed by atoms with E-state index in [1.54, 1.807) is 12.1 Å². The lowest BCUT2D eigenvalue weighted by Crippen LogP contribution is -2.29. The van der Waals surface area contributed by atoms with Gasteiger partial charge in [-0.3, -0.25) is 0 Å². The number of anilines is 2. The summed E-state index contributed by atoms with van der Waals surface area (Å²) >= 11 is 0. The lowest BCUT2D eigenvalue weighted by atomic mass is 9.80. The molecule has 4 heteroatoms. The van der Waals surface area contributed by atoms with Crippen molar-refractivity contribution in [3.63, 3.8) is 0 Å². The predicted molar refractivity (Wildman–Crippen MR) is 156 cm³/mol. The Bertz CT molecular complexity index is 1480. The monoisotopic (exact) mass is 483 g/mol. The van der Waals surface area contributed by atoms with Gasteiger partial charge in [-0.1, -0.05) is 106 Å². The summed E-state index contributed by atoms with van der Waals surface area (Å²) in [6.07, 6.45) is 1.89. The van der Waals surface area contributed by atoms with E-state index in [0.29, 0.717) is 5.46 Å². The van der Waals surface area contributed by atoms with Crippen molar-refractivity contribution in [1.82, 2.24) is 0 Å². The quantitative estimate of drug-likeness (QED) is 0.303. The predicted octanol–water partition coefficient (Wildman–Crippen LogP) is 6.62. The van der Waals surface area contributed by atoms with Crippen LogP contribution in [0.25, 0.3) is 16.7 Å². The van der Waals surface area contributed by atoms with E-state index in [2.05, 4.69) is 92.6 Å². The van der Waals surface area contributed by atoms with Crippen molar-refractivity contribution in [1.29, 1.82) is 0 Å². The fourth-order valence-corrected chi connectivity index (χ4v) is 5.14. The molecule has 0 radical (unpaired) electrons. The molecule has 1 aliphatic carbocycles. The van der Waals surface area contributed by atoms with Crippen LogP contribution in [0.1, 0.15) is 25.0 Å². The fraction of sp³-hybridized carbons (Fsp3) is 0.0909. The van der Waals surface area contributed by atoms with Gasteiger partial charge in [-0.25, -0.2) is 0 Å². The first-order valence-corrected chi connectivity index (χ1v) is 12.4. The zero-order valence-electron chi connectivity index (χ0n) is 21.2. The average Bonchev–Trinajstić information content (AvgIpc) is 3.13. The first-order chi connectivity index (χ1) is 17.8. The average molecular weight is 483 g/mol.